The maximum Gasteiger partial charge on any atom is 0.268 e. The topological polar surface area (TPSA) is 67.8 Å². The molecule has 1 amide bonds. The zero-order valence-electron chi connectivity index (χ0n) is 16.4. The number of anilines is 1. The first kappa shape index (κ1) is 19.2. The Bertz CT molecular complexity index is 982. The molecule has 150 valence electrons. The first-order chi connectivity index (χ1) is 14.2. The highest BCUT2D eigenvalue weighted by Crippen LogP contribution is 2.28. The number of carbonyl (C=O) groups is 1. The summed E-state index contributed by atoms with van der Waals surface area (Å²) in [5.74, 6) is 1.54. The Morgan fingerprint density at radius 2 is 1.69 bits per heavy atom. The summed E-state index contributed by atoms with van der Waals surface area (Å²) in [6.45, 7) is 2.86. The van der Waals surface area contributed by atoms with Crippen LogP contribution in [0.2, 0.25) is 0 Å². The van der Waals surface area contributed by atoms with Crippen LogP contribution in [0.1, 0.15) is 9.67 Å². The van der Waals surface area contributed by atoms with E-state index in [9.17, 15) is 4.79 Å². The van der Waals surface area contributed by atoms with Crippen LogP contribution >= 0.6 is 11.5 Å². The van der Waals surface area contributed by atoms with Gasteiger partial charge in [-0.1, -0.05) is 16.6 Å². The van der Waals surface area contributed by atoms with Crippen molar-refractivity contribution >= 4 is 23.1 Å². The average molecular weight is 410 g/mol. The van der Waals surface area contributed by atoms with Gasteiger partial charge in [-0.15, -0.1) is 5.10 Å². The highest BCUT2D eigenvalue weighted by atomic mass is 32.1. The fourth-order valence-electron chi connectivity index (χ4n) is 3.39. The van der Waals surface area contributed by atoms with Gasteiger partial charge in [0.05, 0.1) is 14.2 Å². The van der Waals surface area contributed by atoms with E-state index in [-0.39, 0.29) is 5.91 Å². The second kappa shape index (κ2) is 8.48. The fourth-order valence-corrected chi connectivity index (χ4v) is 4.05. The van der Waals surface area contributed by atoms with Crippen LogP contribution < -0.4 is 14.4 Å². The Morgan fingerprint density at radius 3 is 2.38 bits per heavy atom. The van der Waals surface area contributed by atoms with Gasteiger partial charge in [0, 0.05) is 37.4 Å². The zero-order chi connectivity index (χ0) is 20.2. The van der Waals surface area contributed by atoms with Crippen molar-refractivity contribution in [3.05, 3.63) is 53.4 Å². The molecule has 0 atom stereocenters. The van der Waals surface area contributed by atoms with E-state index in [1.165, 1.54) is 0 Å². The van der Waals surface area contributed by atoms with E-state index < -0.39 is 0 Å². The molecule has 4 rings (SSSR count). The molecule has 1 fully saturated rings. The molecule has 0 bridgehead atoms. The minimum absolute atomic E-state index is 0.0211. The third kappa shape index (κ3) is 4.02. The molecule has 1 saturated heterocycles. The Hall–Kier alpha value is -3.13. The number of hydrogen-bond acceptors (Lipinski definition) is 7. The lowest BCUT2D eigenvalue weighted by atomic mass is 10.1. The van der Waals surface area contributed by atoms with Crippen LogP contribution in [0.5, 0.6) is 11.5 Å². The van der Waals surface area contributed by atoms with E-state index in [4.69, 9.17) is 9.47 Å². The smallest absolute Gasteiger partial charge is 0.268 e. The molecule has 0 N–H and O–H groups in total. The number of ether oxygens (including phenoxy) is 2. The highest BCUT2D eigenvalue weighted by molar-refractivity contribution is 7.08. The largest absolute Gasteiger partial charge is 0.497 e. The molecule has 8 heteroatoms. The molecule has 0 radical (unpaired) electrons. The van der Waals surface area contributed by atoms with Gasteiger partial charge in [0.1, 0.15) is 22.1 Å². The van der Waals surface area contributed by atoms with E-state index in [1.807, 2.05) is 53.4 Å². The van der Waals surface area contributed by atoms with E-state index in [0.29, 0.717) is 23.7 Å². The van der Waals surface area contributed by atoms with Crippen LogP contribution in [0.4, 0.5) is 5.69 Å². The number of carbonyl (C=O) groups excluding carboxylic acids is 1. The third-order valence-corrected chi connectivity index (χ3v) is 5.74. The molecule has 3 aromatic rings. The fraction of sp³-hybridized carbons (Fsp3) is 0.286. The van der Waals surface area contributed by atoms with E-state index in [0.717, 1.165) is 47.4 Å². The number of benzene rings is 2. The van der Waals surface area contributed by atoms with Crippen molar-refractivity contribution in [3.8, 4) is 22.8 Å². The van der Waals surface area contributed by atoms with Crippen LogP contribution in [0, 0.1) is 0 Å². The van der Waals surface area contributed by atoms with Gasteiger partial charge in [0.25, 0.3) is 5.91 Å². The quantitative estimate of drug-likeness (QED) is 0.644. The number of nitrogens with zero attached hydrogens (tertiary/aromatic N) is 4. The van der Waals surface area contributed by atoms with Gasteiger partial charge in [-0.3, -0.25) is 4.79 Å². The summed E-state index contributed by atoms with van der Waals surface area (Å²) in [5.41, 5.74) is 2.57. The summed E-state index contributed by atoms with van der Waals surface area (Å²) in [6.07, 6.45) is 0. The monoisotopic (exact) mass is 410 g/mol. The predicted molar refractivity (Wildman–Crippen MR) is 113 cm³/mol. The molecule has 0 saturated carbocycles. The van der Waals surface area contributed by atoms with Gasteiger partial charge in [0.15, 0.2) is 0 Å². The van der Waals surface area contributed by atoms with Crippen molar-refractivity contribution < 1.29 is 14.3 Å². The second-order valence-electron chi connectivity index (χ2n) is 6.66. The lowest BCUT2D eigenvalue weighted by Crippen LogP contribution is -2.48. The molecule has 2 aromatic carbocycles. The Balaban J connectivity index is 1.46. The molecule has 29 heavy (non-hydrogen) atoms. The predicted octanol–water partition coefficient (Wildman–Crippen LogP) is 3.18. The number of rotatable bonds is 5. The number of piperazine rings is 1. The Morgan fingerprint density at radius 1 is 0.966 bits per heavy atom. The third-order valence-electron chi connectivity index (χ3n) is 5.03. The van der Waals surface area contributed by atoms with Crippen LogP contribution in [0.15, 0.2) is 48.5 Å². The number of amides is 1. The molecule has 2 heterocycles. The average Bonchev–Trinajstić information content (AvgIpc) is 3.29. The van der Waals surface area contributed by atoms with Crippen molar-refractivity contribution in [2.75, 3.05) is 45.3 Å². The van der Waals surface area contributed by atoms with Crippen LogP contribution in [-0.2, 0) is 0 Å². The van der Waals surface area contributed by atoms with Crippen molar-refractivity contribution in [2.24, 2.45) is 0 Å². The molecule has 1 aliphatic rings. The maximum absolute atomic E-state index is 13.1. The van der Waals surface area contributed by atoms with Gasteiger partial charge >= 0.3 is 0 Å². The van der Waals surface area contributed by atoms with Gasteiger partial charge in [-0.2, -0.15) is 0 Å². The summed E-state index contributed by atoms with van der Waals surface area (Å²) < 4.78 is 14.5. The van der Waals surface area contributed by atoms with E-state index in [1.54, 1.807) is 14.2 Å². The van der Waals surface area contributed by atoms with Crippen LogP contribution in [-0.4, -0.2) is 60.8 Å². The summed E-state index contributed by atoms with van der Waals surface area (Å²) in [4.78, 5) is 17.8. The number of aromatic nitrogens is 2. The molecule has 1 aromatic heterocycles. The van der Waals surface area contributed by atoms with Crippen molar-refractivity contribution in [2.45, 2.75) is 0 Å². The van der Waals surface area contributed by atoms with Gasteiger partial charge in [0.2, 0.25) is 0 Å². The zero-order valence-corrected chi connectivity index (χ0v) is 17.2. The highest BCUT2D eigenvalue weighted by Gasteiger charge is 2.27. The Labute approximate surface area is 173 Å². The van der Waals surface area contributed by atoms with Gasteiger partial charge in [-0.25, -0.2) is 0 Å². The first-order valence-electron chi connectivity index (χ1n) is 9.34. The summed E-state index contributed by atoms with van der Waals surface area (Å²) >= 11 is 1.14. The lowest BCUT2D eigenvalue weighted by Gasteiger charge is -2.36. The minimum Gasteiger partial charge on any atom is -0.497 e. The maximum atomic E-state index is 13.1. The minimum atomic E-state index is -0.0211. The van der Waals surface area contributed by atoms with Crippen LogP contribution in [0.25, 0.3) is 11.3 Å². The van der Waals surface area contributed by atoms with Crippen molar-refractivity contribution in [1.29, 1.82) is 0 Å². The second-order valence-corrected chi connectivity index (χ2v) is 7.41. The van der Waals surface area contributed by atoms with Gasteiger partial charge < -0.3 is 19.3 Å². The van der Waals surface area contributed by atoms with Crippen molar-refractivity contribution in [1.82, 2.24) is 14.5 Å². The summed E-state index contributed by atoms with van der Waals surface area (Å²) in [7, 11) is 3.28. The van der Waals surface area contributed by atoms with Crippen LogP contribution in [0.3, 0.4) is 0 Å². The summed E-state index contributed by atoms with van der Waals surface area (Å²) in [6, 6.07) is 15.5. The van der Waals surface area contributed by atoms with Gasteiger partial charge in [-0.05, 0) is 47.9 Å². The van der Waals surface area contributed by atoms with E-state index >= 15 is 0 Å². The summed E-state index contributed by atoms with van der Waals surface area (Å²) in [5, 5.41) is 4.20. The van der Waals surface area contributed by atoms with E-state index in [2.05, 4.69) is 14.5 Å². The molecular weight excluding hydrogens is 388 g/mol. The SMILES string of the molecule is COc1ccc(N2CCN(C(=O)c3snnc3-c3cccc(OC)c3)CC2)cc1. The molecule has 1 aliphatic heterocycles. The Kier molecular flexibility index (Phi) is 5.62. The lowest BCUT2D eigenvalue weighted by molar-refractivity contribution is 0.0752. The normalized spacial score (nSPS) is 14.0. The number of methoxy groups -OCH3 is 2. The molecular formula is C21H22N4O3S. The molecule has 0 unspecified atom stereocenters. The molecule has 0 spiro atoms. The molecule has 0 aliphatic carbocycles. The number of hydrogen-bond donors (Lipinski definition) is 0. The molecule has 7 nitrogen and oxygen atoms in total. The standard InChI is InChI=1S/C21H22N4O3S/c1-27-17-8-6-16(7-9-17)24-10-12-25(13-11-24)21(26)20-19(22-23-29-20)15-4-3-5-18(14-15)28-2/h3-9,14H,10-13H2,1-2H3. The van der Waals surface area contributed by atoms with Crippen molar-refractivity contribution in [3.63, 3.8) is 0 Å². The first-order valence-corrected chi connectivity index (χ1v) is 10.1.